The Balaban J connectivity index is 1.80. The van der Waals surface area contributed by atoms with Crippen molar-refractivity contribution in [2.24, 2.45) is 5.92 Å². The number of hydrogen-bond donors (Lipinski definition) is 1. The molecule has 1 saturated carbocycles. The Morgan fingerprint density at radius 2 is 2.28 bits per heavy atom. The van der Waals surface area contributed by atoms with Crippen molar-refractivity contribution in [2.45, 2.75) is 31.8 Å². The van der Waals surface area contributed by atoms with Gasteiger partial charge >= 0.3 is 0 Å². The molecule has 2 aromatic rings. The molecule has 4 heteroatoms. The lowest BCUT2D eigenvalue weighted by Gasteiger charge is -2.16. The highest BCUT2D eigenvalue weighted by atomic mass is 35.5. The molecule has 1 fully saturated rings. The minimum atomic E-state index is 0.323. The van der Waals surface area contributed by atoms with Gasteiger partial charge in [-0.3, -0.25) is 0 Å². The zero-order valence-electron chi connectivity index (χ0n) is 10.2. The second kappa shape index (κ2) is 5.33. The van der Waals surface area contributed by atoms with E-state index in [-0.39, 0.29) is 0 Å². The molecule has 3 unspecified atom stereocenters. The molecule has 1 nitrogen and oxygen atoms in total. The molecule has 0 spiro atoms. The molecule has 0 aliphatic heterocycles. The van der Waals surface area contributed by atoms with Crippen LogP contribution >= 0.6 is 34.3 Å². The van der Waals surface area contributed by atoms with Crippen LogP contribution in [0.3, 0.4) is 0 Å². The number of thiophene rings is 2. The molecule has 0 radical (unpaired) electrons. The molecule has 2 aromatic heterocycles. The lowest BCUT2D eigenvalue weighted by Crippen LogP contribution is -2.24. The summed E-state index contributed by atoms with van der Waals surface area (Å²) in [5.41, 5.74) is 0. The van der Waals surface area contributed by atoms with Crippen molar-refractivity contribution in [1.82, 2.24) is 5.32 Å². The number of nitrogens with one attached hydrogen (secondary N) is 1. The van der Waals surface area contributed by atoms with E-state index in [1.54, 1.807) is 11.3 Å². The maximum Gasteiger partial charge on any atom is 0.0931 e. The Hall–Kier alpha value is -0.350. The molecule has 1 N–H and O–H groups in total. The van der Waals surface area contributed by atoms with Gasteiger partial charge in [0.2, 0.25) is 0 Å². The van der Waals surface area contributed by atoms with E-state index < -0.39 is 0 Å². The smallest absolute Gasteiger partial charge is 0.0931 e. The number of halogens is 1. The Morgan fingerprint density at radius 1 is 1.39 bits per heavy atom. The van der Waals surface area contributed by atoms with Gasteiger partial charge in [0, 0.05) is 15.8 Å². The highest BCUT2D eigenvalue weighted by Crippen LogP contribution is 2.39. The zero-order chi connectivity index (χ0) is 12.5. The van der Waals surface area contributed by atoms with Crippen molar-refractivity contribution < 1.29 is 0 Å². The van der Waals surface area contributed by atoms with Crippen molar-refractivity contribution in [2.75, 3.05) is 0 Å². The van der Waals surface area contributed by atoms with E-state index >= 15 is 0 Å². The van der Waals surface area contributed by atoms with Gasteiger partial charge in [0.15, 0.2) is 0 Å². The van der Waals surface area contributed by atoms with Gasteiger partial charge in [0.05, 0.1) is 10.4 Å². The van der Waals surface area contributed by atoms with Crippen molar-refractivity contribution in [1.29, 1.82) is 0 Å². The van der Waals surface area contributed by atoms with Gasteiger partial charge in [-0.15, -0.1) is 22.7 Å². The monoisotopic (exact) mass is 297 g/mol. The lowest BCUT2D eigenvalue weighted by molar-refractivity contribution is 0.574. The van der Waals surface area contributed by atoms with Crippen molar-refractivity contribution in [3.05, 3.63) is 43.7 Å². The fourth-order valence-electron chi connectivity index (χ4n) is 2.36. The summed E-state index contributed by atoms with van der Waals surface area (Å²) in [5.74, 6) is 0.864. The normalized spacial score (nSPS) is 24.1. The molecule has 3 atom stereocenters. The van der Waals surface area contributed by atoms with Gasteiger partial charge in [-0.1, -0.05) is 31.0 Å². The third kappa shape index (κ3) is 2.64. The van der Waals surface area contributed by atoms with Crippen LogP contribution < -0.4 is 5.32 Å². The molecular weight excluding hydrogens is 282 g/mol. The topological polar surface area (TPSA) is 12.0 Å². The van der Waals surface area contributed by atoms with Gasteiger partial charge < -0.3 is 5.32 Å². The van der Waals surface area contributed by atoms with E-state index in [2.05, 4.69) is 35.8 Å². The van der Waals surface area contributed by atoms with Gasteiger partial charge in [-0.25, -0.2) is 0 Å². The standard InChI is InChI=1S/C14H16ClNS2/c1-2-9-8-10(9)16-14(11-4-3-7-17-11)12-5-6-13(15)18-12/h3-7,9-10,14,16H,2,8H2,1H3. The summed E-state index contributed by atoms with van der Waals surface area (Å²) in [5, 5.41) is 5.93. The fourth-order valence-corrected chi connectivity index (χ4v) is 4.38. The number of hydrogen-bond acceptors (Lipinski definition) is 3. The summed E-state index contributed by atoms with van der Waals surface area (Å²) in [6.45, 7) is 2.27. The van der Waals surface area contributed by atoms with Crippen molar-refractivity contribution in [3.8, 4) is 0 Å². The van der Waals surface area contributed by atoms with E-state index in [4.69, 9.17) is 11.6 Å². The summed E-state index contributed by atoms with van der Waals surface area (Å²) >= 11 is 9.57. The van der Waals surface area contributed by atoms with Crippen molar-refractivity contribution >= 4 is 34.3 Å². The first-order valence-corrected chi connectivity index (χ1v) is 8.40. The Kier molecular flexibility index (Phi) is 3.76. The van der Waals surface area contributed by atoms with Crippen LogP contribution in [-0.4, -0.2) is 6.04 Å². The van der Waals surface area contributed by atoms with Crippen LogP contribution in [0.15, 0.2) is 29.6 Å². The van der Waals surface area contributed by atoms with E-state index in [1.807, 2.05) is 17.4 Å². The summed E-state index contributed by atoms with van der Waals surface area (Å²) in [6.07, 6.45) is 2.59. The first kappa shape index (κ1) is 12.7. The molecular formula is C14H16ClNS2. The fraction of sp³-hybridized carbons (Fsp3) is 0.429. The SMILES string of the molecule is CCC1CC1NC(c1cccs1)c1ccc(Cl)s1. The average Bonchev–Trinajstić information content (AvgIpc) is 2.80. The predicted molar refractivity (Wildman–Crippen MR) is 80.8 cm³/mol. The van der Waals surface area contributed by atoms with E-state index in [0.29, 0.717) is 12.1 Å². The van der Waals surface area contributed by atoms with Crippen LogP contribution in [0.25, 0.3) is 0 Å². The van der Waals surface area contributed by atoms with Crippen LogP contribution in [0.4, 0.5) is 0 Å². The predicted octanol–water partition coefficient (Wildman–Crippen LogP) is 4.94. The van der Waals surface area contributed by atoms with Crippen molar-refractivity contribution in [3.63, 3.8) is 0 Å². The maximum atomic E-state index is 6.07. The quantitative estimate of drug-likeness (QED) is 0.824. The summed E-state index contributed by atoms with van der Waals surface area (Å²) in [4.78, 5) is 2.71. The highest BCUT2D eigenvalue weighted by Gasteiger charge is 2.37. The minimum Gasteiger partial charge on any atom is -0.302 e. The maximum absolute atomic E-state index is 6.07. The minimum absolute atomic E-state index is 0.323. The van der Waals surface area contributed by atoms with Crippen LogP contribution in [0, 0.1) is 5.92 Å². The molecule has 18 heavy (non-hydrogen) atoms. The zero-order valence-corrected chi connectivity index (χ0v) is 12.6. The van der Waals surface area contributed by atoms with Gasteiger partial charge in [-0.2, -0.15) is 0 Å². The second-order valence-corrected chi connectivity index (χ2v) is 7.49. The van der Waals surface area contributed by atoms with Crippen LogP contribution in [0.1, 0.15) is 35.6 Å². The third-order valence-corrected chi connectivity index (χ3v) is 5.77. The first-order chi connectivity index (χ1) is 8.78. The third-order valence-electron chi connectivity index (χ3n) is 3.53. The highest BCUT2D eigenvalue weighted by molar-refractivity contribution is 7.16. The largest absolute Gasteiger partial charge is 0.302 e. The van der Waals surface area contributed by atoms with E-state index in [0.717, 1.165) is 10.3 Å². The molecule has 0 aromatic carbocycles. The molecule has 3 rings (SSSR count). The summed E-state index contributed by atoms with van der Waals surface area (Å²) in [6, 6.07) is 9.47. The Labute approximate surface area is 121 Å². The van der Waals surface area contributed by atoms with Crippen LogP contribution in [0.5, 0.6) is 0 Å². The summed E-state index contributed by atoms with van der Waals surface area (Å²) in [7, 11) is 0. The van der Waals surface area contributed by atoms with E-state index in [9.17, 15) is 0 Å². The molecule has 0 bridgehead atoms. The number of rotatable bonds is 5. The Morgan fingerprint density at radius 3 is 2.83 bits per heavy atom. The molecule has 96 valence electrons. The van der Waals surface area contributed by atoms with E-state index in [1.165, 1.54) is 22.6 Å². The lowest BCUT2D eigenvalue weighted by atomic mass is 10.2. The molecule has 2 heterocycles. The summed E-state index contributed by atoms with van der Waals surface area (Å²) < 4.78 is 0.871. The molecule has 1 aliphatic carbocycles. The van der Waals surface area contributed by atoms with Crippen LogP contribution in [-0.2, 0) is 0 Å². The molecule has 0 saturated heterocycles. The average molecular weight is 298 g/mol. The van der Waals surface area contributed by atoms with Crippen LogP contribution in [0.2, 0.25) is 4.34 Å². The Bertz CT molecular complexity index is 506. The molecule has 0 amide bonds. The molecule has 1 aliphatic rings. The van der Waals surface area contributed by atoms with Gasteiger partial charge in [0.1, 0.15) is 0 Å². The first-order valence-electron chi connectivity index (χ1n) is 6.32. The second-order valence-electron chi connectivity index (χ2n) is 4.77. The van der Waals surface area contributed by atoms with Gasteiger partial charge in [0.25, 0.3) is 0 Å². The van der Waals surface area contributed by atoms with Gasteiger partial charge in [-0.05, 0) is 35.9 Å².